The summed E-state index contributed by atoms with van der Waals surface area (Å²) in [7, 11) is 3.50. The molecule has 1 heteroatoms. The molecule has 0 aromatic heterocycles. The predicted molar refractivity (Wildman–Crippen MR) is 51.6 cm³/mol. The van der Waals surface area contributed by atoms with Crippen molar-refractivity contribution in [1.82, 2.24) is 0 Å². The van der Waals surface area contributed by atoms with Gasteiger partial charge in [0.15, 0.2) is 0 Å². The van der Waals surface area contributed by atoms with Crippen LogP contribution in [0.2, 0.25) is 0 Å². The second-order valence-electron chi connectivity index (χ2n) is 5.01. The van der Waals surface area contributed by atoms with Crippen LogP contribution in [-0.2, 0) is 4.74 Å². The molecule has 0 atom stereocenters. The molecule has 0 bridgehead atoms. The number of hydrogen-bond acceptors (Lipinski definition) is 1. The summed E-state index contributed by atoms with van der Waals surface area (Å²) in [5.74, 6) is 0.879. The van der Waals surface area contributed by atoms with Gasteiger partial charge < -0.3 is 4.74 Å². The number of ether oxygens (including phenoxy) is 1. The van der Waals surface area contributed by atoms with Crippen LogP contribution in [0.3, 0.4) is 0 Å². The maximum Gasteiger partial charge on any atom is 0.0704 e. The molecule has 12 heavy (non-hydrogen) atoms. The van der Waals surface area contributed by atoms with E-state index in [2.05, 4.69) is 27.9 Å². The molecule has 71 valence electrons. The van der Waals surface area contributed by atoms with Crippen molar-refractivity contribution in [1.29, 1.82) is 0 Å². The summed E-state index contributed by atoms with van der Waals surface area (Å²) in [6.07, 6.45) is 5.45. The van der Waals surface area contributed by atoms with Crippen molar-refractivity contribution in [2.24, 2.45) is 11.3 Å². The van der Waals surface area contributed by atoms with E-state index in [4.69, 9.17) is 4.74 Å². The maximum atomic E-state index is 5.10. The van der Waals surface area contributed by atoms with E-state index in [1.54, 1.807) is 0 Å². The molecule has 1 aliphatic rings. The molecule has 0 saturated heterocycles. The van der Waals surface area contributed by atoms with Crippen molar-refractivity contribution in [3.05, 3.63) is 7.11 Å². The molecule has 1 fully saturated rings. The minimum atomic E-state index is 0.434. The quantitative estimate of drug-likeness (QED) is 0.584. The Kier molecular flexibility index (Phi) is 3.16. The van der Waals surface area contributed by atoms with Crippen LogP contribution in [0.1, 0.15) is 46.5 Å². The van der Waals surface area contributed by atoms with E-state index in [1.165, 1.54) is 25.7 Å². The Morgan fingerprint density at radius 1 is 1.08 bits per heavy atom. The number of hydrogen-bond donors (Lipinski definition) is 0. The van der Waals surface area contributed by atoms with Gasteiger partial charge in [0.1, 0.15) is 0 Å². The van der Waals surface area contributed by atoms with Crippen LogP contribution in [0.5, 0.6) is 0 Å². The third-order valence-electron chi connectivity index (χ3n) is 3.13. The Balaban J connectivity index is 2.36. The van der Waals surface area contributed by atoms with Crippen molar-refractivity contribution in [2.75, 3.05) is 0 Å². The lowest BCUT2D eigenvalue weighted by atomic mass is 9.72. The average Bonchev–Trinajstić information content (AvgIpc) is 2.03. The summed E-state index contributed by atoms with van der Waals surface area (Å²) in [4.78, 5) is 0. The second-order valence-corrected chi connectivity index (χ2v) is 5.01. The normalized spacial score (nSPS) is 32.0. The van der Waals surface area contributed by atoms with Crippen LogP contribution < -0.4 is 0 Å². The van der Waals surface area contributed by atoms with Crippen LogP contribution in [0.25, 0.3) is 0 Å². The molecular formula is C11H21O. The average molecular weight is 169 g/mol. The lowest BCUT2D eigenvalue weighted by Gasteiger charge is -2.36. The summed E-state index contributed by atoms with van der Waals surface area (Å²) in [5, 5.41) is 0. The Hall–Kier alpha value is -0.0400. The van der Waals surface area contributed by atoms with Crippen molar-refractivity contribution in [3.63, 3.8) is 0 Å². The van der Waals surface area contributed by atoms with Crippen LogP contribution in [0.4, 0.5) is 0 Å². The zero-order valence-corrected chi connectivity index (χ0v) is 8.60. The second kappa shape index (κ2) is 3.78. The fraction of sp³-hybridized carbons (Fsp3) is 0.909. The summed E-state index contributed by atoms with van der Waals surface area (Å²) in [6.45, 7) is 7.01. The van der Waals surface area contributed by atoms with Crippen molar-refractivity contribution in [2.45, 2.75) is 52.6 Å². The van der Waals surface area contributed by atoms with Gasteiger partial charge >= 0.3 is 0 Å². The van der Waals surface area contributed by atoms with Gasteiger partial charge in [-0.1, -0.05) is 20.8 Å². The summed E-state index contributed by atoms with van der Waals surface area (Å²) in [5.41, 5.74) is 0.478. The van der Waals surface area contributed by atoms with Gasteiger partial charge in [-0.15, -0.1) is 0 Å². The first-order valence-electron chi connectivity index (χ1n) is 4.95. The van der Waals surface area contributed by atoms with Crippen LogP contribution in [0, 0.1) is 18.4 Å². The molecule has 0 unspecified atom stereocenters. The Morgan fingerprint density at radius 2 is 1.58 bits per heavy atom. The summed E-state index contributed by atoms with van der Waals surface area (Å²) in [6, 6.07) is 0. The molecule has 1 rings (SSSR count). The standard InChI is InChI=1S/C11H21O/c1-11(2,3)9-5-7-10(12-4)8-6-9/h9-10H,4-8H2,1-3H3. The molecule has 0 amide bonds. The lowest BCUT2D eigenvalue weighted by Crippen LogP contribution is -2.28. The molecule has 0 spiro atoms. The highest BCUT2D eigenvalue weighted by molar-refractivity contribution is 4.80. The molecule has 0 heterocycles. The van der Waals surface area contributed by atoms with Gasteiger partial charge in [-0.05, 0) is 37.0 Å². The number of rotatable bonds is 1. The molecule has 0 aromatic carbocycles. The van der Waals surface area contributed by atoms with Gasteiger partial charge in [0, 0.05) is 0 Å². The van der Waals surface area contributed by atoms with E-state index in [-0.39, 0.29) is 0 Å². The zero-order valence-electron chi connectivity index (χ0n) is 8.60. The SMILES string of the molecule is [CH2]OC1CCC(C(C)(C)C)CC1. The fourth-order valence-electron chi connectivity index (χ4n) is 2.10. The van der Waals surface area contributed by atoms with Crippen LogP contribution >= 0.6 is 0 Å². The third-order valence-corrected chi connectivity index (χ3v) is 3.13. The van der Waals surface area contributed by atoms with E-state index in [1.807, 2.05) is 0 Å². The molecule has 0 N–H and O–H groups in total. The highest BCUT2D eigenvalue weighted by atomic mass is 16.5. The summed E-state index contributed by atoms with van der Waals surface area (Å²) >= 11 is 0. The van der Waals surface area contributed by atoms with Gasteiger partial charge in [0.25, 0.3) is 0 Å². The Bertz CT molecular complexity index is 126. The minimum Gasteiger partial charge on any atom is -0.376 e. The molecule has 1 radical (unpaired) electrons. The largest absolute Gasteiger partial charge is 0.376 e. The zero-order chi connectivity index (χ0) is 9.19. The van der Waals surface area contributed by atoms with Gasteiger partial charge in [0.05, 0.1) is 13.2 Å². The minimum absolute atomic E-state index is 0.434. The van der Waals surface area contributed by atoms with Gasteiger partial charge in [-0.2, -0.15) is 0 Å². The van der Waals surface area contributed by atoms with E-state index < -0.39 is 0 Å². The highest BCUT2D eigenvalue weighted by Gasteiger charge is 2.29. The van der Waals surface area contributed by atoms with E-state index in [9.17, 15) is 0 Å². The third kappa shape index (κ3) is 2.48. The Morgan fingerprint density at radius 3 is 1.92 bits per heavy atom. The first-order valence-corrected chi connectivity index (χ1v) is 4.95. The highest BCUT2D eigenvalue weighted by Crippen LogP contribution is 2.38. The van der Waals surface area contributed by atoms with Crippen molar-refractivity contribution < 1.29 is 4.74 Å². The first-order chi connectivity index (χ1) is 5.54. The molecule has 1 nitrogen and oxygen atoms in total. The molecule has 0 aliphatic heterocycles. The first kappa shape index (κ1) is 10.0. The van der Waals surface area contributed by atoms with Crippen molar-refractivity contribution >= 4 is 0 Å². The van der Waals surface area contributed by atoms with Gasteiger partial charge in [0.2, 0.25) is 0 Å². The fourth-order valence-corrected chi connectivity index (χ4v) is 2.10. The van der Waals surface area contributed by atoms with E-state index in [0.717, 1.165) is 5.92 Å². The van der Waals surface area contributed by atoms with E-state index >= 15 is 0 Å². The molecular weight excluding hydrogens is 148 g/mol. The lowest BCUT2D eigenvalue weighted by molar-refractivity contribution is 0.0556. The molecule has 0 aromatic rings. The predicted octanol–water partition coefficient (Wildman–Crippen LogP) is 3.40. The van der Waals surface area contributed by atoms with Gasteiger partial charge in [-0.3, -0.25) is 0 Å². The van der Waals surface area contributed by atoms with Crippen LogP contribution in [0.15, 0.2) is 0 Å². The van der Waals surface area contributed by atoms with Crippen LogP contribution in [-0.4, -0.2) is 6.10 Å². The van der Waals surface area contributed by atoms with Crippen molar-refractivity contribution in [3.8, 4) is 0 Å². The Labute approximate surface area is 76.5 Å². The van der Waals surface area contributed by atoms with Gasteiger partial charge in [-0.25, -0.2) is 0 Å². The topological polar surface area (TPSA) is 9.23 Å². The summed E-state index contributed by atoms with van der Waals surface area (Å²) < 4.78 is 5.10. The van der Waals surface area contributed by atoms with E-state index in [0.29, 0.717) is 11.5 Å². The molecule has 1 aliphatic carbocycles. The monoisotopic (exact) mass is 169 g/mol. The molecule has 1 saturated carbocycles. The smallest absolute Gasteiger partial charge is 0.0704 e. The maximum absolute atomic E-state index is 5.10.